The van der Waals surface area contributed by atoms with E-state index in [0.29, 0.717) is 6.42 Å². The van der Waals surface area contributed by atoms with Gasteiger partial charge in [-0.25, -0.2) is 9.28 Å². The van der Waals surface area contributed by atoms with Crippen LogP contribution in [0.1, 0.15) is 71.1 Å². The van der Waals surface area contributed by atoms with Crippen LogP contribution >= 0.6 is 0 Å². The van der Waals surface area contributed by atoms with Gasteiger partial charge >= 0.3 is 5.97 Å². The summed E-state index contributed by atoms with van der Waals surface area (Å²) in [5.74, 6) is -0.873. The van der Waals surface area contributed by atoms with E-state index < -0.39 is 5.97 Å². The average Bonchev–Trinajstić information content (AvgIpc) is 2.96. The summed E-state index contributed by atoms with van der Waals surface area (Å²) >= 11 is 0. The van der Waals surface area contributed by atoms with E-state index in [2.05, 4.69) is 11.9 Å². The molecule has 0 fully saturated rings. The number of aliphatic hydroxyl groups excluding tert-OH is 1. The zero-order chi connectivity index (χ0) is 18.5. The maximum atomic E-state index is 12.5. The van der Waals surface area contributed by atoms with E-state index in [9.17, 15) is 14.7 Å². The summed E-state index contributed by atoms with van der Waals surface area (Å²) in [5, 5.41) is 18.4. The number of carboxylic acids is 1. The van der Waals surface area contributed by atoms with Crippen LogP contribution in [0.5, 0.6) is 0 Å². The smallest absolute Gasteiger partial charge is 0.360 e. The maximum Gasteiger partial charge on any atom is 0.360 e. The Balaban J connectivity index is 2.32. The van der Waals surface area contributed by atoms with Crippen molar-refractivity contribution >= 4 is 17.6 Å². The van der Waals surface area contributed by atoms with Gasteiger partial charge in [-0.3, -0.25) is 4.79 Å². The zero-order valence-electron chi connectivity index (χ0n) is 15.5. The van der Waals surface area contributed by atoms with Crippen molar-refractivity contribution in [3.8, 4) is 0 Å². The van der Waals surface area contributed by atoms with Crippen LogP contribution in [0.4, 0.5) is 0 Å². The molecule has 25 heavy (non-hydrogen) atoms. The molecule has 6 heteroatoms. The number of hydrogen-bond donors (Lipinski definition) is 2. The lowest BCUT2D eigenvalue weighted by Crippen LogP contribution is -2.54. The molecule has 1 aliphatic heterocycles. The standard InChI is InChI=1S/C19H32N2O4/c1-2-3-4-5-6-7-8-9-10-11-17(23)19-20-12-13-21(19,14-15-22)16-18(24)25/h12-13,22H,2-11,14-16H2,1H3/p+1. The normalized spacial score (nSPS) is 19.2. The van der Waals surface area contributed by atoms with Crippen LogP contribution in [0.15, 0.2) is 17.4 Å². The molecule has 1 unspecified atom stereocenters. The summed E-state index contributed by atoms with van der Waals surface area (Å²) in [6.07, 6.45) is 14.1. The highest BCUT2D eigenvalue weighted by Gasteiger charge is 2.41. The van der Waals surface area contributed by atoms with Crippen LogP contribution in [-0.4, -0.2) is 52.0 Å². The summed E-state index contributed by atoms with van der Waals surface area (Å²) in [5.41, 5.74) is 0. The first kappa shape index (κ1) is 21.5. The number of hydrogen-bond acceptors (Lipinski definition) is 4. The van der Waals surface area contributed by atoms with E-state index >= 15 is 0 Å². The van der Waals surface area contributed by atoms with Gasteiger partial charge in [0, 0.05) is 6.42 Å². The molecule has 0 radical (unpaired) electrons. The highest BCUT2D eigenvalue weighted by molar-refractivity contribution is 6.36. The van der Waals surface area contributed by atoms with Crippen molar-refractivity contribution in [1.82, 2.24) is 0 Å². The van der Waals surface area contributed by atoms with Crippen molar-refractivity contribution in [3.05, 3.63) is 12.4 Å². The van der Waals surface area contributed by atoms with Crippen LogP contribution in [0.25, 0.3) is 0 Å². The van der Waals surface area contributed by atoms with Crippen LogP contribution in [0.2, 0.25) is 0 Å². The van der Waals surface area contributed by atoms with Crippen molar-refractivity contribution in [2.24, 2.45) is 4.99 Å². The van der Waals surface area contributed by atoms with Gasteiger partial charge in [-0.2, -0.15) is 4.99 Å². The third-order valence-electron chi connectivity index (χ3n) is 4.64. The molecule has 0 saturated carbocycles. The molecule has 0 aromatic rings. The number of amidine groups is 1. The van der Waals surface area contributed by atoms with Crippen molar-refractivity contribution in [3.63, 3.8) is 0 Å². The van der Waals surface area contributed by atoms with Crippen LogP contribution < -0.4 is 0 Å². The lowest BCUT2D eigenvalue weighted by atomic mass is 10.0. The molecular weight excluding hydrogens is 320 g/mol. The Labute approximate surface area is 150 Å². The Morgan fingerprint density at radius 1 is 1.04 bits per heavy atom. The second-order valence-corrected chi connectivity index (χ2v) is 6.79. The molecular formula is C19H33N2O4+. The highest BCUT2D eigenvalue weighted by Crippen LogP contribution is 2.19. The van der Waals surface area contributed by atoms with Gasteiger partial charge in [0.15, 0.2) is 6.54 Å². The topological polar surface area (TPSA) is 87.0 Å². The predicted octanol–water partition coefficient (Wildman–Crippen LogP) is 3.25. The van der Waals surface area contributed by atoms with Crippen molar-refractivity contribution in [2.75, 3.05) is 19.7 Å². The number of carboxylic acid groups (broad SMARTS) is 1. The fourth-order valence-corrected chi connectivity index (χ4v) is 3.25. The van der Waals surface area contributed by atoms with E-state index in [0.717, 1.165) is 19.3 Å². The Hall–Kier alpha value is -1.53. The Morgan fingerprint density at radius 3 is 2.20 bits per heavy atom. The van der Waals surface area contributed by atoms with Gasteiger partial charge < -0.3 is 10.2 Å². The Kier molecular flexibility index (Phi) is 10.3. The Morgan fingerprint density at radius 2 is 1.64 bits per heavy atom. The van der Waals surface area contributed by atoms with E-state index in [1.165, 1.54) is 44.7 Å². The largest absolute Gasteiger partial charge is 0.477 e. The number of rotatable bonds is 15. The average molecular weight is 353 g/mol. The van der Waals surface area contributed by atoms with E-state index in [1.807, 2.05) is 0 Å². The number of aliphatic hydroxyl groups is 1. The number of carbonyl (C=O) groups is 2. The van der Waals surface area contributed by atoms with E-state index in [4.69, 9.17) is 5.11 Å². The third-order valence-corrected chi connectivity index (χ3v) is 4.64. The summed E-state index contributed by atoms with van der Waals surface area (Å²) < 4.78 is -0.178. The van der Waals surface area contributed by atoms with Gasteiger partial charge in [0.25, 0.3) is 5.84 Å². The van der Waals surface area contributed by atoms with Gasteiger partial charge in [0.1, 0.15) is 12.7 Å². The third kappa shape index (κ3) is 7.48. The number of nitrogens with zero attached hydrogens (tertiary/aromatic N) is 2. The summed E-state index contributed by atoms with van der Waals surface area (Å²) in [4.78, 5) is 27.7. The van der Waals surface area contributed by atoms with Gasteiger partial charge in [-0.05, 0) is 6.42 Å². The van der Waals surface area contributed by atoms with E-state index in [-0.39, 0.29) is 35.8 Å². The SMILES string of the molecule is CCCCCCCCCCCC(=O)C1=NC=C[N+]1(CCO)CC(=O)O. The number of aliphatic imine (C=N–C) groups is 1. The first-order chi connectivity index (χ1) is 12.1. The van der Waals surface area contributed by atoms with Gasteiger partial charge in [-0.15, -0.1) is 0 Å². The number of Topliss-reactive ketones (excluding diaryl/α,β-unsaturated/α-hetero) is 1. The van der Waals surface area contributed by atoms with Crippen LogP contribution in [0.3, 0.4) is 0 Å². The molecule has 0 aromatic carbocycles. The van der Waals surface area contributed by atoms with Crippen LogP contribution in [-0.2, 0) is 9.59 Å². The van der Waals surface area contributed by atoms with Crippen molar-refractivity contribution in [1.29, 1.82) is 0 Å². The minimum Gasteiger partial charge on any atom is -0.477 e. The van der Waals surface area contributed by atoms with Gasteiger partial charge in [-0.1, -0.05) is 58.3 Å². The van der Waals surface area contributed by atoms with Crippen molar-refractivity contribution in [2.45, 2.75) is 71.1 Å². The summed E-state index contributed by atoms with van der Waals surface area (Å²) in [6.45, 7) is 1.91. The van der Waals surface area contributed by atoms with Gasteiger partial charge in [0.2, 0.25) is 5.78 Å². The number of unbranched alkanes of at least 4 members (excludes halogenated alkanes) is 8. The fraction of sp³-hybridized carbons (Fsp3) is 0.737. The minimum absolute atomic E-state index is 0.109. The maximum absolute atomic E-state index is 12.5. The quantitative estimate of drug-likeness (QED) is 0.349. The van der Waals surface area contributed by atoms with Gasteiger partial charge in [0.05, 0.1) is 12.8 Å². The predicted molar refractivity (Wildman–Crippen MR) is 98.1 cm³/mol. The molecule has 142 valence electrons. The minimum atomic E-state index is -1.01. The number of aliphatic carboxylic acids is 1. The first-order valence-corrected chi connectivity index (χ1v) is 9.54. The summed E-state index contributed by atoms with van der Waals surface area (Å²) in [6, 6.07) is 0. The number of ketones is 1. The zero-order valence-corrected chi connectivity index (χ0v) is 15.5. The summed E-state index contributed by atoms with van der Waals surface area (Å²) in [7, 11) is 0. The fourth-order valence-electron chi connectivity index (χ4n) is 3.25. The molecule has 1 heterocycles. The molecule has 0 bridgehead atoms. The molecule has 0 aliphatic carbocycles. The second kappa shape index (κ2) is 11.9. The molecule has 0 spiro atoms. The van der Waals surface area contributed by atoms with Crippen LogP contribution in [0, 0.1) is 0 Å². The molecule has 1 aliphatic rings. The second-order valence-electron chi connectivity index (χ2n) is 6.79. The first-order valence-electron chi connectivity index (χ1n) is 9.54. The molecule has 2 N–H and O–H groups in total. The highest BCUT2D eigenvalue weighted by atomic mass is 16.4. The van der Waals surface area contributed by atoms with E-state index in [1.54, 1.807) is 6.20 Å². The Bertz CT molecular complexity index is 488. The molecule has 1 atom stereocenters. The number of carbonyl (C=O) groups excluding carboxylic acids is 1. The lowest BCUT2D eigenvalue weighted by molar-refractivity contribution is -0.777. The van der Waals surface area contributed by atoms with Crippen molar-refractivity contribution < 1.29 is 24.3 Å². The molecule has 0 amide bonds. The molecule has 0 aromatic heterocycles. The molecule has 0 saturated heterocycles. The lowest BCUT2D eigenvalue weighted by Gasteiger charge is -2.29. The number of quaternary nitrogens is 1. The molecule has 1 rings (SSSR count). The molecule has 6 nitrogen and oxygen atoms in total. The monoisotopic (exact) mass is 353 g/mol.